The number of aliphatic carboxylic acids is 1. The Kier molecular flexibility index (Phi) is 3.94. The van der Waals surface area contributed by atoms with Crippen molar-refractivity contribution in [3.05, 3.63) is 28.8 Å². The molecule has 0 radical (unpaired) electrons. The maximum absolute atomic E-state index is 11.9. The highest BCUT2D eigenvalue weighted by molar-refractivity contribution is 6.34. The second-order valence-electron chi connectivity index (χ2n) is 4.55. The Hall–Kier alpha value is -2.08. The molecule has 3 N–H and O–H groups in total. The summed E-state index contributed by atoms with van der Waals surface area (Å²) in [7, 11) is 1.50. The van der Waals surface area contributed by atoms with Gasteiger partial charge in [0, 0.05) is 12.6 Å². The number of carbonyl (C=O) groups excluding carboxylic acids is 2. The number of anilines is 1. The third kappa shape index (κ3) is 2.91. The average molecular weight is 297 g/mol. The molecule has 7 heteroatoms. The zero-order valence-corrected chi connectivity index (χ0v) is 11.4. The van der Waals surface area contributed by atoms with E-state index < -0.39 is 23.7 Å². The predicted molar refractivity (Wildman–Crippen MR) is 72.7 cm³/mol. The Labute approximate surface area is 120 Å². The van der Waals surface area contributed by atoms with E-state index >= 15 is 0 Å². The molecule has 20 heavy (non-hydrogen) atoms. The lowest BCUT2D eigenvalue weighted by molar-refractivity contribution is -0.139. The molecule has 2 amide bonds. The van der Waals surface area contributed by atoms with Crippen molar-refractivity contribution in [2.75, 3.05) is 12.4 Å². The van der Waals surface area contributed by atoms with Crippen molar-refractivity contribution in [3.8, 4) is 0 Å². The minimum Gasteiger partial charge on any atom is -0.481 e. The lowest BCUT2D eigenvalue weighted by atomic mass is 10.2. The number of amides is 2. The molecule has 1 aliphatic carbocycles. The first-order valence-corrected chi connectivity index (χ1v) is 6.37. The summed E-state index contributed by atoms with van der Waals surface area (Å²) in [5, 5.41) is 14.1. The van der Waals surface area contributed by atoms with Gasteiger partial charge in [0.05, 0.1) is 22.5 Å². The van der Waals surface area contributed by atoms with Gasteiger partial charge in [-0.2, -0.15) is 0 Å². The lowest BCUT2D eigenvalue weighted by Gasteiger charge is -2.08. The fourth-order valence-corrected chi connectivity index (χ4v) is 2.05. The molecule has 0 bridgehead atoms. The van der Waals surface area contributed by atoms with Crippen LogP contribution in [0.3, 0.4) is 0 Å². The Morgan fingerprint density at radius 2 is 2.00 bits per heavy atom. The summed E-state index contributed by atoms with van der Waals surface area (Å²) >= 11 is 5.95. The number of carbonyl (C=O) groups is 3. The van der Waals surface area contributed by atoms with Crippen LogP contribution in [0, 0.1) is 11.8 Å². The molecule has 0 aromatic heterocycles. The molecule has 1 aromatic rings. The maximum Gasteiger partial charge on any atom is 0.307 e. The fraction of sp³-hybridized carbons (Fsp3) is 0.308. The number of nitrogens with one attached hydrogen (secondary N) is 2. The van der Waals surface area contributed by atoms with Gasteiger partial charge in [0.15, 0.2) is 0 Å². The van der Waals surface area contributed by atoms with E-state index in [1.807, 2.05) is 0 Å². The molecule has 0 unspecified atom stereocenters. The van der Waals surface area contributed by atoms with Crippen LogP contribution in [-0.2, 0) is 9.59 Å². The van der Waals surface area contributed by atoms with Crippen molar-refractivity contribution < 1.29 is 19.5 Å². The van der Waals surface area contributed by atoms with Gasteiger partial charge >= 0.3 is 5.97 Å². The number of rotatable bonds is 4. The fourth-order valence-electron chi connectivity index (χ4n) is 1.89. The van der Waals surface area contributed by atoms with Crippen LogP contribution in [0.4, 0.5) is 5.69 Å². The topological polar surface area (TPSA) is 95.5 Å². The van der Waals surface area contributed by atoms with Crippen LogP contribution in [0.25, 0.3) is 0 Å². The Morgan fingerprint density at radius 1 is 1.30 bits per heavy atom. The molecule has 0 spiro atoms. The molecule has 1 aromatic carbocycles. The van der Waals surface area contributed by atoms with E-state index in [1.54, 1.807) is 0 Å². The molecule has 1 fully saturated rings. The molecule has 2 rings (SSSR count). The molecule has 1 saturated carbocycles. The van der Waals surface area contributed by atoms with Gasteiger partial charge in [-0.05, 0) is 24.6 Å². The first kappa shape index (κ1) is 14.3. The standard InChI is InChI=1S/C13H13ClN2O4/c1-15-11(17)6-2-3-9(14)10(4-6)16-12(18)7-5-8(7)13(19)20/h2-4,7-8H,5H2,1H3,(H,15,17)(H,16,18)(H,19,20)/t7-,8+/m1/s1. The minimum absolute atomic E-state index is 0.290. The summed E-state index contributed by atoms with van der Waals surface area (Å²) in [5.41, 5.74) is 0.659. The number of halogens is 1. The van der Waals surface area contributed by atoms with E-state index in [9.17, 15) is 14.4 Å². The minimum atomic E-state index is -0.977. The van der Waals surface area contributed by atoms with Gasteiger partial charge in [0.1, 0.15) is 0 Å². The van der Waals surface area contributed by atoms with E-state index in [1.165, 1.54) is 25.2 Å². The average Bonchev–Trinajstić information content (AvgIpc) is 3.20. The van der Waals surface area contributed by atoms with Gasteiger partial charge < -0.3 is 15.7 Å². The second-order valence-corrected chi connectivity index (χ2v) is 4.96. The second kappa shape index (κ2) is 5.50. The zero-order valence-electron chi connectivity index (χ0n) is 10.6. The van der Waals surface area contributed by atoms with Crippen LogP contribution in [0.1, 0.15) is 16.8 Å². The van der Waals surface area contributed by atoms with Crippen LogP contribution in [0.15, 0.2) is 18.2 Å². The Morgan fingerprint density at radius 3 is 2.55 bits per heavy atom. The van der Waals surface area contributed by atoms with Crippen LogP contribution in [-0.4, -0.2) is 29.9 Å². The van der Waals surface area contributed by atoms with Gasteiger partial charge in [-0.3, -0.25) is 14.4 Å². The third-order valence-electron chi connectivity index (χ3n) is 3.16. The number of hydrogen-bond donors (Lipinski definition) is 3. The zero-order chi connectivity index (χ0) is 14.9. The summed E-state index contributed by atoms with van der Waals surface area (Å²) in [6, 6.07) is 4.49. The summed E-state index contributed by atoms with van der Waals surface area (Å²) in [5.74, 6) is -2.83. The maximum atomic E-state index is 11.9. The summed E-state index contributed by atoms with van der Waals surface area (Å²) in [4.78, 5) is 34.1. The number of carboxylic acid groups (broad SMARTS) is 1. The van der Waals surface area contributed by atoms with E-state index in [0.29, 0.717) is 22.7 Å². The molecular formula is C13H13ClN2O4. The number of carboxylic acids is 1. The van der Waals surface area contributed by atoms with E-state index in [-0.39, 0.29) is 5.91 Å². The number of benzene rings is 1. The SMILES string of the molecule is CNC(=O)c1ccc(Cl)c(NC(=O)[C@@H]2C[C@@H]2C(=O)O)c1. The molecule has 0 aliphatic heterocycles. The van der Waals surface area contributed by atoms with E-state index in [4.69, 9.17) is 16.7 Å². The van der Waals surface area contributed by atoms with Gasteiger partial charge in [-0.15, -0.1) is 0 Å². The molecule has 6 nitrogen and oxygen atoms in total. The van der Waals surface area contributed by atoms with Gasteiger partial charge in [-0.25, -0.2) is 0 Å². The Bertz CT molecular complexity index is 588. The van der Waals surface area contributed by atoms with Gasteiger partial charge in [-0.1, -0.05) is 11.6 Å². The van der Waals surface area contributed by atoms with Crippen molar-refractivity contribution in [2.45, 2.75) is 6.42 Å². The van der Waals surface area contributed by atoms with Gasteiger partial charge in [0.25, 0.3) is 5.91 Å². The molecule has 1 aliphatic rings. The van der Waals surface area contributed by atoms with Gasteiger partial charge in [0.2, 0.25) is 5.91 Å². The summed E-state index contributed by atoms with van der Waals surface area (Å²) in [6.07, 6.45) is 0.327. The largest absolute Gasteiger partial charge is 0.481 e. The quantitative estimate of drug-likeness (QED) is 0.781. The van der Waals surface area contributed by atoms with Crippen LogP contribution >= 0.6 is 11.6 Å². The van der Waals surface area contributed by atoms with Crippen LogP contribution in [0.2, 0.25) is 5.02 Å². The van der Waals surface area contributed by atoms with E-state index in [2.05, 4.69) is 10.6 Å². The molecule has 0 saturated heterocycles. The first-order valence-electron chi connectivity index (χ1n) is 5.99. The van der Waals surface area contributed by atoms with Crippen molar-refractivity contribution >= 4 is 35.1 Å². The third-order valence-corrected chi connectivity index (χ3v) is 3.49. The molecule has 2 atom stereocenters. The lowest BCUT2D eigenvalue weighted by Crippen LogP contribution is -2.20. The predicted octanol–water partition coefficient (Wildman–Crippen LogP) is 1.36. The van der Waals surface area contributed by atoms with Crippen LogP contribution < -0.4 is 10.6 Å². The first-order chi connectivity index (χ1) is 9.43. The highest BCUT2D eigenvalue weighted by Crippen LogP contribution is 2.39. The molecule has 0 heterocycles. The van der Waals surface area contributed by atoms with Crippen molar-refractivity contribution in [2.24, 2.45) is 11.8 Å². The van der Waals surface area contributed by atoms with Crippen LogP contribution in [0.5, 0.6) is 0 Å². The highest BCUT2D eigenvalue weighted by Gasteiger charge is 2.48. The summed E-state index contributed by atoms with van der Waals surface area (Å²) in [6.45, 7) is 0. The normalized spacial score (nSPS) is 20.1. The van der Waals surface area contributed by atoms with Crippen molar-refractivity contribution in [3.63, 3.8) is 0 Å². The monoisotopic (exact) mass is 296 g/mol. The van der Waals surface area contributed by atoms with Crippen molar-refractivity contribution in [1.82, 2.24) is 5.32 Å². The Balaban J connectivity index is 2.11. The summed E-state index contributed by atoms with van der Waals surface area (Å²) < 4.78 is 0. The highest BCUT2D eigenvalue weighted by atomic mass is 35.5. The van der Waals surface area contributed by atoms with Crippen molar-refractivity contribution in [1.29, 1.82) is 0 Å². The molecular weight excluding hydrogens is 284 g/mol. The number of hydrogen-bond acceptors (Lipinski definition) is 3. The molecule has 106 valence electrons. The smallest absolute Gasteiger partial charge is 0.307 e. The van der Waals surface area contributed by atoms with E-state index in [0.717, 1.165) is 0 Å².